The number of carbonyl (C=O) groups is 1. The summed E-state index contributed by atoms with van der Waals surface area (Å²) in [5, 5.41) is 12.6. The Morgan fingerprint density at radius 2 is 1.63 bits per heavy atom. The van der Waals surface area contributed by atoms with Crippen LogP contribution in [0.3, 0.4) is 0 Å². The number of fused-ring (bicyclic) bond motifs is 3. The summed E-state index contributed by atoms with van der Waals surface area (Å²) in [6.45, 7) is 0. The molecule has 2 heterocycles. The van der Waals surface area contributed by atoms with Crippen molar-refractivity contribution in [1.82, 2.24) is 5.01 Å². The number of amides is 1. The fourth-order valence-corrected chi connectivity index (χ4v) is 4.37. The van der Waals surface area contributed by atoms with Gasteiger partial charge in [0.1, 0.15) is 6.04 Å². The largest absolute Gasteiger partial charge is 0.333 e. The van der Waals surface area contributed by atoms with Crippen LogP contribution < -0.4 is 10.3 Å². The van der Waals surface area contributed by atoms with Gasteiger partial charge < -0.3 is 4.90 Å². The second-order valence-corrected chi connectivity index (χ2v) is 7.50. The number of anilines is 2. The molecule has 5 rings (SSSR count). The molecule has 3 aromatic rings. The zero-order valence-corrected chi connectivity index (χ0v) is 16.1. The molecule has 7 nitrogen and oxygen atoms in total. The van der Waals surface area contributed by atoms with E-state index in [0.29, 0.717) is 5.69 Å². The summed E-state index contributed by atoms with van der Waals surface area (Å²) in [6.07, 6.45) is 1.29. The van der Waals surface area contributed by atoms with Crippen LogP contribution in [0, 0.1) is 10.1 Å². The Morgan fingerprint density at radius 3 is 2.37 bits per heavy atom. The number of para-hydroxylation sites is 1. The highest BCUT2D eigenvalue weighted by molar-refractivity contribution is 5.92. The smallest absolute Gasteiger partial charge is 0.269 e. The van der Waals surface area contributed by atoms with Crippen LogP contribution in [0.4, 0.5) is 17.1 Å². The van der Waals surface area contributed by atoms with Gasteiger partial charge in [-0.15, -0.1) is 0 Å². The molecule has 0 saturated carbocycles. The molecule has 2 aliphatic rings. The number of hydrogen-bond acceptors (Lipinski definition) is 5. The first kappa shape index (κ1) is 18.2. The first-order valence-electron chi connectivity index (χ1n) is 9.89. The van der Waals surface area contributed by atoms with E-state index in [1.54, 1.807) is 17.1 Å². The summed E-state index contributed by atoms with van der Waals surface area (Å²) in [5.41, 5.74) is 7.16. The molecule has 0 aromatic heterocycles. The Morgan fingerprint density at radius 1 is 0.933 bits per heavy atom. The molecular formula is C23H20N4O3. The number of carbonyl (C=O) groups excluding carboxylic acids is 1. The third kappa shape index (κ3) is 2.95. The maximum absolute atomic E-state index is 13.4. The van der Waals surface area contributed by atoms with E-state index in [-0.39, 0.29) is 23.8 Å². The molecule has 2 aliphatic heterocycles. The predicted molar refractivity (Wildman–Crippen MR) is 114 cm³/mol. The quantitative estimate of drug-likeness (QED) is 0.522. The van der Waals surface area contributed by atoms with E-state index in [0.717, 1.165) is 24.1 Å². The first-order valence-corrected chi connectivity index (χ1v) is 9.89. The van der Waals surface area contributed by atoms with E-state index in [9.17, 15) is 14.9 Å². The molecule has 150 valence electrons. The average Bonchev–Trinajstić information content (AvgIpc) is 3.07. The Hall–Kier alpha value is -3.87. The highest BCUT2D eigenvalue weighted by Gasteiger charge is 2.49. The van der Waals surface area contributed by atoms with Crippen LogP contribution in [0.2, 0.25) is 0 Å². The van der Waals surface area contributed by atoms with E-state index in [1.807, 2.05) is 42.5 Å². The second kappa shape index (κ2) is 7.18. The molecule has 0 bridgehead atoms. The normalized spacial score (nSPS) is 19.9. The topological polar surface area (TPSA) is 78.7 Å². The molecule has 0 radical (unpaired) electrons. The molecule has 3 aromatic carbocycles. The molecule has 0 aliphatic carbocycles. The summed E-state index contributed by atoms with van der Waals surface area (Å²) >= 11 is 0. The van der Waals surface area contributed by atoms with Gasteiger partial charge in [-0.2, -0.15) is 0 Å². The van der Waals surface area contributed by atoms with Gasteiger partial charge in [0, 0.05) is 17.8 Å². The van der Waals surface area contributed by atoms with Crippen LogP contribution in [-0.4, -0.2) is 21.9 Å². The Labute approximate surface area is 173 Å². The van der Waals surface area contributed by atoms with Crippen LogP contribution in [0.25, 0.3) is 0 Å². The van der Waals surface area contributed by atoms with Gasteiger partial charge in [0.15, 0.2) is 6.17 Å². The maximum atomic E-state index is 13.4. The highest BCUT2D eigenvalue weighted by Crippen LogP contribution is 2.44. The number of rotatable bonds is 4. The molecule has 7 heteroatoms. The fourth-order valence-electron chi connectivity index (χ4n) is 4.37. The van der Waals surface area contributed by atoms with Crippen molar-refractivity contribution >= 4 is 23.0 Å². The molecular weight excluding hydrogens is 380 g/mol. The van der Waals surface area contributed by atoms with E-state index in [2.05, 4.69) is 22.5 Å². The van der Waals surface area contributed by atoms with Gasteiger partial charge in [0.05, 0.1) is 10.6 Å². The number of nitro benzene ring substituents is 1. The monoisotopic (exact) mass is 400 g/mol. The Balaban J connectivity index is 1.56. The van der Waals surface area contributed by atoms with E-state index in [1.165, 1.54) is 17.7 Å². The van der Waals surface area contributed by atoms with Crippen molar-refractivity contribution in [3.8, 4) is 0 Å². The minimum atomic E-state index is -0.436. The van der Waals surface area contributed by atoms with Gasteiger partial charge in [0.2, 0.25) is 0 Å². The highest BCUT2D eigenvalue weighted by atomic mass is 16.6. The lowest BCUT2D eigenvalue weighted by atomic mass is 9.96. The molecule has 0 spiro atoms. The summed E-state index contributed by atoms with van der Waals surface area (Å²) in [6, 6.07) is 24.0. The SMILES string of the molecule is O=C1[C@@H]2CCc3ccccc3N2[C@@H](c2ccccc2)N1Nc1ccc([N+](=O)[O-])cc1. The number of nitrogens with zero attached hydrogens (tertiary/aromatic N) is 3. The minimum absolute atomic E-state index is 0.00305. The molecule has 1 saturated heterocycles. The summed E-state index contributed by atoms with van der Waals surface area (Å²) < 4.78 is 0. The Kier molecular flexibility index (Phi) is 4.35. The number of hydrazine groups is 1. The number of aryl methyl sites for hydroxylation is 1. The lowest BCUT2D eigenvalue weighted by Gasteiger charge is -2.37. The number of hydrogen-bond donors (Lipinski definition) is 1. The third-order valence-corrected chi connectivity index (χ3v) is 5.75. The maximum Gasteiger partial charge on any atom is 0.269 e. The molecule has 1 amide bonds. The molecule has 1 N–H and O–H groups in total. The third-order valence-electron chi connectivity index (χ3n) is 5.75. The van der Waals surface area contributed by atoms with Gasteiger partial charge in [-0.1, -0.05) is 48.5 Å². The van der Waals surface area contributed by atoms with Crippen LogP contribution >= 0.6 is 0 Å². The van der Waals surface area contributed by atoms with Crippen molar-refractivity contribution in [3.05, 3.63) is 100 Å². The molecule has 2 atom stereocenters. The molecule has 30 heavy (non-hydrogen) atoms. The second-order valence-electron chi connectivity index (χ2n) is 7.50. The van der Waals surface area contributed by atoms with Crippen LogP contribution in [0.15, 0.2) is 78.9 Å². The Bertz CT molecular complexity index is 1100. The van der Waals surface area contributed by atoms with Crippen molar-refractivity contribution in [3.63, 3.8) is 0 Å². The van der Waals surface area contributed by atoms with E-state index in [4.69, 9.17) is 0 Å². The van der Waals surface area contributed by atoms with Crippen molar-refractivity contribution in [2.24, 2.45) is 0 Å². The first-order chi connectivity index (χ1) is 14.6. The van der Waals surface area contributed by atoms with Gasteiger partial charge in [-0.05, 0) is 42.2 Å². The fraction of sp³-hybridized carbons (Fsp3) is 0.174. The summed E-state index contributed by atoms with van der Waals surface area (Å²) in [5.74, 6) is -0.00305. The lowest BCUT2D eigenvalue weighted by molar-refractivity contribution is -0.384. The van der Waals surface area contributed by atoms with E-state index < -0.39 is 4.92 Å². The molecule has 0 unspecified atom stereocenters. The molecule has 1 fully saturated rings. The van der Waals surface area contributed by atoms with Crippen LogP contribution in [0.1, 0.15) is 23.7 Å². The van der Waals surface area contributed by atoms with Gasteiger partial charge in [-0.25, -0.2) is 5.01 Å². The lowest BCUT2D eigenvalue weighted by Crippen LogP contribution is -2.38. The van der Waals surface area contributed by atoms with Crippen molar-refractivity contribution in [2.75, 3.05) is 10.3 Å². The minimum Gasteiger partial charge on any atom is -0.333 e. The summed E-state index contributed by atoms with van der Waals surface area (Å²) in [7, 11) is 0. The van der Waals surface area contributed by atoms with Gasteiger partial charge in [0.25, 0.3) is 11.6 Å². The van der Waals surface area contributed by atoms with Crippen molar-refractivity contribution in [2.45, 2.75) is 25.0 Å². The predicted octanol–water partition coefficient (Wildman–Crippen LogP) is 4.28. The zero-order chi connectivity index (χ0) is 20.7. The van der Waals surface area contributed by atoms with E-state index >= 15 is 0 Å². The van der Waals surface area contributed by atoms with Crippen molar-refractivity contribution < 1.29 is 9.72 Å². The number of nitrogens with one attached hydrogen (secondary N) is 1. The van der Waals surface area contributed by atoms with Crippen molar-refractivity contribution in [1.29, 1.82) is 0 Å². The zero-order valence-electron chi connectivity index (χ0n) is 16.1. The van der Waals surface area contributed by atoms with Gasteiger partial charge in [-0.3, -0.25) is 20.3 Å². The standard InChI is InChI=1S/C23H20N4O3/c28-23-21-15-10-16-6-4-5-9-20(16)25(21)22(17-7-2-1-3-8-17)26(23)24-18-11-13-19(14-12-18)27(29)30/h1-9,11-14,21-22,24H,10,15H2/t21-,22+/m0/s1. The number of nitro groups is 1. The number of benzene rings is 3. The average molecular weight is 400 g/mol. The number of non-ortho nitro benzene ring substituents is 1. The van der Waals surface area contributed by atoms with Crippen LogP contribution in [0.5, 0.6) is 0 Å². The van der Waals surface area contributed by atoms with Gasteiger partial charge >= 0.3 is 0 Å². The van der Waals surface area contributed by atoms with Crippen LogP contribution in [-0.2, 0) is 11.2 Å². The summed E-state index contributed by atoms with van der Waals surface area (Å²) in [4.78, 5) is 26.1.